The van der Waals surface area contributed by atoms with Gasteiger partial charge in [-0.05, 0) is 34.9 Å². The first-order chi connectivity index (χ1) is 12.4. The maximum atomic E-state index is 12.7. The largest absolute Gasteiger partial charge is 0.416 e. The molecule has 0 aliphatic carbocycles. The zero-order valence-electron chi connectivity index (χ0n) is 13.8. The number of halogens is 3. The van der Waals surface area contributed by atoms with Gasteiger partial charge in [-0.1, -0.05) is 60.7 Å². The summed E-state index contributed by atoms with van der Waals surface area (Å²) in [5.41, 5.74) is 2.16. The lowest BCUT2D eigenvalue weighted by molar-refractivity contribution is -0.137. The normalized spacial score (nSPS) is 11.2. The standard InChI is InChI=1S/C21H16F3NO/c22-21(23,24)19-8-4-7-18(13-19)20(26)25-14-15-9-11-17(12-10-15)16-5-2-1-3-6-16/h1-13H,14H2,(H,25,26). The molecule has 0 unspecified atom stereocenters. The van der Waals surface area contributed by atoms with E-state index in [1.807, 2.05) is 54.6 Å². The number of carbonyl (C=O) groups is 1. The predicted molar refractivity (Wildman–Crippen MR) is 94.5 cm³/mol. The van der Waals surface area contributed by atoms with Gasteiger partial charge in [0, 0.05) is 12.1 Å². The molecule has 3 rings (SSSR count). The van der Waals surface area contributed by atoms with Gasteiger partial charge < -0.3 is 5.32 Å². The number of benzene rings is 3. The van der Waals surface area contributed by atoms with Gasteiger partial charge in [-0.25, -0.2) is 0 Å². The van der Waals surface area contributed by atoms with E-state index in [0.717, 1.165) is 28.8 Å². The van der Waals surface area contributed by atoms with E-state index >= 15 is 0 Å². The molecule has 1 amide bonds. The van der Waals surface area contributed by atoms with Gasteiger partial charge in [0.25, 0.3) is 5.91 Å². The Kier molecular flexibility index (Phi) is 5.07. The second-order valence-corrected chi connectivity index (χ2v) is 5.82. The second-order valence-electron chi connectivity index (χ2n) is 5.82. The van der Waals surface area contributed by atoms with Crippen LogP contribution in [0.4, 0.5) is 13.2 Å². The zero-order chi connectivity index (χ0) is 18.6. The smallest absolute Gasteiger partial charge is 0.348 e. The minimum absolute atomic E-state index is 0.0132. The Labute approximate surface area is 149 Å². The SMILES string of the molecule is O=C(NCc1ccc(-c2ccccc2)cc1)c1cccc(C(F)(F)F)c1. The molecule has 0 saturated heterocycles. The molecule has 0 bridgehead atoms. The molecule has 0 radical (unpaired) electrons. The van der Waals surface area contributed by atoms with Crippen LogP contribution in [0.5, 0.6) is 0 Å². The number of alkyl halides is 3. The summed E-state index contributed by atoms with van der Waals surface area (Å²) in [5.74, 6) is -0.539. The lowest BCUT2D eigenvalue weighted by atomic mass is 10.0. The van der Waals surface area contributed by atoms with Crippen molar-refractivity contribution in [2.24, 2.45) is 0 Å². The summed E-state index contributed by atoms with van der Waals surface area (Å²) in [7, 11) is 0. The highest BCUT2D eigenvalue weighted by Gasteiger charge is 2.30. The number of carbonyl (C=O) groups excluding carboxylic acids is 1. The van der Waals surface area contributed by atoms with Crippen LogP contribution >= 0.6 is 0 Å². The first-order valence-electron chi connectivity index (χ1n) is 8.03. The van der Waals surface area contributed by atoms with Gasteiger partial charge in [0.2, 0.25) is 0 Å². The van der Waals surface area contributed by atoms with Crippen LogP contribution in [0, 0.1) is 0 Å². The average molecular weight is 355 g/mol. The Bertz CT molecular complexity index is 887. The quantitative estimate of drug-likeness (QED) is 0.676. The van der Waals surface area contributed by atoms with Crippen molar-refractivity contribution in [1.29, 1.82) is 0 Å². The van der Waals surface area contributed by atoms with Gasteiger partial charge in [-0.3, -0.25) is 4.79 Å². The summed E-state index contributed by atoms with van der Waals surface area (Å²) in [6.45, 7) is 0.240. The minimum atomic E-state index is -4.47. The van der Waals surface area contributed by atoms with Gasteiger partial charge in [-0.15, -0.1) is 0 Å². The van der Waals surface area contributed by atoms with Crippen molar-refractivity contribution in [2.45, 2.75) is 12.7 Å². The Morgan fingerprint density at radius 2 is 1.46 bits per heavy atom. The molecule has 0 aliphatic rings. The van der Waals surface area contributed by atoms with Crippen molar-refractivity contribution in [1.82, 2.24) is 5.32 Å². The molecule has 2 nitrogen and oxygen atoms in total. The van der Waals surface area contributed by atoms with Gasteiger partial charge in [0.05, 0.1) is 5.56 Å². The van der Waals surface area contributed by atoms with E-state index in [1.165, 1.54) is 12.1 Å². The van der Waals surface area contributed by atoms with Crippen LogP contribution in [-0.2, 0) is 12.7 Å². The van der Waals surface area contributed by atoms with E-state index in [9.17, 15) is 18.0 Å². The van der Waals surface area contributed by atoms with Crippen molar-refractivity contribution in [3.05, 3.63) is 95.6 Å². The van der Waals surface area contributed by atoms with Crippen molar-refractivity contribution >= 4 is 5.91 Å². The third-order valence-corrected chi connectivity index (χ3v) is 3.97. The molecule has 1 N–H and O–H groups in total. The first-order valence-corrected chi connectivity index (χ1v) is 8.03. The third kappa shape index (κ3) is 4.30. The summed E-state index contributed by atoms with van der Waals surface area (Å²) in [6.07, 6.45) is -4.47. The summed E-state index contributed by atoms with van der Waals surface area (Å²) < 4.78 is 38.2. The van der Waals surface area contributed by atoms with Crippen molar-refractivity contribution in [3.8, 4) is 11.1 Å². The average Bonchev–Trinajstić information content (AvgIpc) is 2.66. The van der Waals surface area contributed by atoms with Crippen molar-refractivity contribution < 1.29 is 18.0 Å². The van der Waals surface area contributed by atoms with Gasteiger partial charge >= 0.3 is 6.18 Å². The molecule has 132 valence electrons. The van der Waals surface area contributed by atoms with Crippen molar-refractivity contribution in [2.75, 3.05) is 0 Å². The predicted octanol–water partition coefficient (Wildman–Crippen LogP) is 5.30. The molecule has 0 aromatic heterocycles. The number of hydrogen-bond acceptors (Lipinski definition) is 1. The highest BCUT2D eigenvalue weighted by atomic mass is 19.4. The molecule has 0 heterocycles. The number of amides is 1. The highest BCUT2D eigenvalue weighted by molar-refractivity contribution is 5.94. The van der Waals surface area contributed by atoms with Gasteiger partial charge in [0.15, 0.2) is 0 Å². The molecule has 3 aromatic rings. The molecule has 0 atom stereocenters. The molecule has 5 heteroatoms. The van der Waals surface area contributed by atoms with Gasteiger partial charge in [-0.2, -0.15) is 13.2 Å². The minimum Gasteiger partial charge on any atom is -0.348 e. The molecule has 0 fully saturated rings. The lowest BCUT2D eigenvalue weighted by Gasteiger charge is -2.10. The molecule has 0 saturated carbocycles. The Balaban J connectivity index is 1.65. The van der Waals surface area contributed by atoms with Crippen LogP contribution in [0.25, 0.3) is 11.1 Å². The first kappa shape index (κ1) is 17.7. The Morgan fingerprint density at radius 1 is 0.808 bits per heavy atom. The molecule has 3 aromatic carbocycles. The highest BCUT2D eigenvalue weighted by Crippen LogP contribution is 2.29. The van der Waals surface area contributed by atoms with E-state index in [2.05, 4.69) is 5.32 Å². The van der Waals surface area contributed by atoms with E-state index in [1.54, 1.807) is 0 Å². The summed E-state index contributed by atoms with van der Waals surface area (Å²) in [5, 5.41) is 2.65. The van der Waals surface area contributed by atoms with Gasteiger partial charge in [0.1, 0.15) is 0 Å². The molecule has 0 spiro atoms. The lowest BCUT2D eigenvalue weighted by Crippen LogP contribution is -2.23. The molecule has 0 aliphatic heterocycles. The monoisotopic (exact) mass is 355 g/mol. The van der Waals surface area contributed by atoms with Crippen LogP contribution in [0.1, 0.15) is 21.5 Å². The molecule has 26 heavy (non-hydrogen) atoms. The fraction of sp³-hybridized carbons (Fsp3) is 0.0952. The molecular weight excluding hydrogens is 339 g/mol. The number of hydrogen-bond donors (Lipinski definition) is 1. The van der Waals surface area contributed by atoms with Crippen LogP contribution in [0.15, 0.2) is 78.9 Å². The topological polar surface area (TPSA) is 29.1 Å². The van der Waals surface area contributed by atoms with E-state index in [-0.39, 0.29) is 12.1 Å². The third-order valence-electron chi connectivity index (χ3n) is 3.97. The molecular formula is C21H16F3NO. The van der Waals surface area contributed by atoms with Crippen LogP contribution in [0.3, 0.4) is 0 Å². The summed E-state index contributed by atoms with van der Waals surface area (Å²) in [4.78, 5) is 12.1. The Morgan fingerprint density at radius 3 is 2.12 bits per heavy atom. The van der Waals surface area contributed by atoms with Crippen LogP contribution in [0.2, 0.25) is 0 Å². The van der Waals surface area contributed by atoms with E-state index in [4.69, 9.17) is 0 Å². The van der Waals surface area contributed by atoms with E-state index < -0.39 is 17.6 Å². The summed E-state index contributed by atoms with van der Waals surface area (Å²) >= 11 is 0. The number of rotatable bonds is 4. The fourth-order valence-electron chi connectivity index (χ4n) is 2.57. The summed E-state index contributed by atoms with van der Waals surface area (Å²) in [6, 6.07) is 21.9. The van der Waals surface area contributed by atoms with Crippen LogP contribution < -0.4 is 5.32 Å². The Hall–Kier alpha value is -3.08. The van der Waals surface area contributed by atoms with Crippen LogP contribution in [-0.4, -0.2) is 5.91 Å². The fourth-order valence-corrected chi connectivity index (χ4v) is 2.57. The van der Waals surface area contributed by atoms with Crippen molar-refractivity contribution in [3.63, 3.8) is 0 Å². The van der Waals surface area contributed by atoms with E-state index in [0.29, 0.717) is 0 Å². The maximum absolute atomic E-state index is 12.7. The maximum Gasteiger partial charge on any atom is 0.416 e. The zero-order valence-corrected chi connectivity index (χ0v) is 13.8. The number of nitrogens with one attached hydrogen (secondary N) is 1. The second kappa shape index (κ2) is 7.44.